The minimum Gasteiger partial charge on any atom is -0.339 e. The maximum Gasteiger partial charge on any atom is 0.246 e. The van der Waals surface area contributed by atoms with E-state index in [1.165, 1.54) is 24.0 Å². The van der Waals surface area contributed by atoms with Crippen molar-refractivity contribution >= 4 is 5.91 Å². The minimum atomic E-state index is 0.0908. The van der Waals surface area contributed by atoms with Crippen molar-refractivity contribution in [1.29, 1.82) is 5.26 Å². The lowest BCUT2D eigenvalue weighted by Crippen LogP contribution is -2.37. The Bertz CT molecular complexity index is 500. The first kappa shape index (κ1) is 15.8. The molecule has 2 aliphatic rings. The summed E-state index contributed by atoms with van der Waals surface area (Å²) in [5.41, 5.74) is 2.92. The van der Waals surface area contributed by atoms with Crippen LogP contribution in [0.3, 0.4) is 0 Å². The first-order valence-corrected chi connectivity index (χ1v) is 8.01. The van der Waals surface area contributed by atoms with Gasteiger partial charge in [-0.15, -0.1) is 0 Å². The van der Waals surface area contributed by atoms with Gasteiger partial charge in [-0.05, 0) is 50.0 Å². The van der Waals surface area contributed by atoms with E-state index >= 15 is 0 Å². The highest BCUT2D eigenvalue weighted by Gasteiger charge is 2.27. The molecule has 0 unspecified atom stereocenters. The van der Waals surface area contributed by atoms with Crippen molar-refractivity contribution < 1.29 is 4.79 Å². The molecule has 0 atom stereocenters. The molecular weight excluding hydrogens is 260 g/mol. The molecule has 3 nitrogen and oxygen atoms in total. The van der Waals surface area contributed by atoms with E-state index < -0.39 is 0 Å². The van der Waals surface area contributed by atoms with Crippen LogP contribution in [-0.2, 0) is 4.79 Å². The Morgan fingerprint density at radius 2 is 2.05 bits per heavy atom. The van der Waals surface area contributed by atoms with Gasteiger partial charge in [0.2, 0.25) is 5.91 Å². The second-order valence-corrected chi connectivity index (χ2v) is 6.99. The number of carbonyl (C=O) groups is 1. The van der Waals surface area contributed by atoms with Crippen LogP contribution in [0.15, 0.2) is 23.3 Å². The van der Waals surface area contributed by atoms with Crippen LogP contribution in [0, 0.1) is 22.7 Å². The summed E-state index contributed by atoms with van der Waals surface area (Å²) < 4.78 is 0. The number of rotatable bonds is 2. The summed E-state index contributed by atoms with van der Waals surface area (Å²) in [6.45, 7) is 8.13. The predicted octanol–water partition coefficient (Wildman–Crippen LogP) is 3.83. The zero-order valence-electron chi connectivity index (χ0n) is 13.5. The van der Waals surface area contributed by atoms with E-state index in [-0.39, 0.29) is 17.2 Å². The zero-order chi connectivity index (χ0) is 15.5. The molecule has 1 fully saturated rings. The second kappa shape index (κ2) is 6.47. The van der Waals surface area contributed by atoms with E-state index in [1.54, 1.807) is 6.08 Å². The molecule has 3 heteroatoms. The van der Waals surface area contributed by atoms with Crippen molar-refractivity contribution in [2.45, 2.75) is 52.9 Å². The molecule has 1 saturated heterocycles. The molecule has 0 aromatic heterocycles. The van der Waals surface area contributed by atoms with Crippen LogP contribution in [0.4, 0.5) is 0 Å². The lowest BCUT2D eigenvalue weighted by Gasteiger charge is -2.33. The van der Waals surface area contributed by atoms with Gasteiger partial charge in [0.05, 0.1) is 6.07 Å². The van der Waals surface area contributed by atoms with Gasteiger partial charge in [0.25, 0.3) is 0 Å². The van der Waals surface area contributed by atoms with Gasteiger partial charge in [-0.3, -0.25) is 4.79 Å². The maximum absolute atomic E-state index is 12.3. The summed E-state index contributed by atoms with van der Waals surface area (Å²) in [4.78, 5) is 14.2. The molecule has 0 saturated carbocycles. The molecule has 21 heavy (non-hydrogen) atoms. The molecule has 0 aromatic carbocycles. The predicted molar refractivity (Wildman–Crippen MR) is 84.4 cm³/mol. The molecule has 2 rings (SSSR count). The van der Waals surface area contributed by atoms with Gasteiger partial charge in [-0.2, -0.15) is 5.26 Å². The average Bonchev–Trinajstić information content (AvgIpc) is 2.46. The van der Waals surface area contributed by atoms with Gasteiger partial charge in [-0.25, -0.2) is 0 Å². The number of carbonyl (C=O) groups excluding carboxylic acids is 1. The van der Waals surface area contributed by atoms with E-state index in [0.717, 1.165) is 19.3 Å². The third kappa shape index (κ3) is 3.75. The summed E-state index contributed by atoms with van der Waals surface area (Å²) >= 11 is 0. The van der Waals surface area contributed by atoms with E-state index in [0.29, 0.717) is 13.1 Å². The number of nitriles is 1. The summed E-state index contributed by atoms with van der Waals surface area (Å²) in [5, 5.41) is 8.90. The quantitative estimate of drug-likeness (QED) is 0.724. The van der Waals surface area contributed by atoms with Crippen LogP contribution in [0.5, 0.6) is 0 Å². The van der Waals surface area contributed by atoms with Crippen LogP contribution in [0.25, 0.3) is 0 Å². The third-order valence-corrected chi connectivity index (χ3v) is 4.92. The van der Waals surface area contributed by atoms with Crippen molar-refractivity contribution in [2.75, 3.05) is 13.1 Å². The molecule has 0 aromatic rings. The highest BCUT2D eigenvalue weighted by Crippen LogP contribution is 2.40. The van der Waals surface area contributed by atoms with Crippen LogP contribution in [0.1, 0.15) is 52.9 Å². The first-order chi connectivity index (χ1) is 9.94. The molecule has 0 N–H and O–H groups in total. The molecule has 1 heterocycles. The molecule has 0 radical (unpaired) electrons. The van der Waals surface area contributed by atoms with Crippen LogP contribution in [0.2, 0.25) is 0 Å². The fourth-order valence-corrected chi connectivity index (χ4v) is 3.50. The fraction of sp³-hybridized carbons (Fsp3) is 0.667. The normalized spacial score (nSPS) is 23.4. The zero-order valence-corrected chi connectivity index (χ0v) is 13.5. The van der Waals surface area contributed by atoms with Crippen molar-refractivity contribution in [3.05, 3.63) is 23.3 Å². The van der Waals surface area contributed by atoms with Gasteiger partial charge >= 0.3 is 0 Å². The average molecular weight is 286 g/mol. The summed E-state index contributed by atoms with van der Waals surface area (Å²) in [7, 11) is 0. The van der Waals surface area contributed by atoms with Gasteiger partial charge in [0.1, 0.15) is 0 Å². The van der Waals surface area contributed by atoms with Crippen LogP contribution < -0.4 is 0 Å². The SMILES string of the molecule is CC1=C(/C=C/C(=O)N2CCC(C#N)CC2)C(C)(C)CCC1. The van der Waals surface area contributed by atoms with E-state index in [4.69, 9.17) is 5.26 Å². The Kier molecular flexibility index (Phi) is 4.88. The lowest BCUT2D eigenvalue weighted by atomic mass is 9.72. The van der Waals surface area contributed by atoms with E-state index in [9.17, 15) is 4.79 Å². The summed E-state index contributed by atoms with van der Waals surface area (Å²) in [6, 6.07) is 2.30. The molecule has 114 valence electrons. The number of nitrogens with zero attached hydrogens (tertiary/aromatic N) is 2. The largest absolute Gasteiger partial charge is 0.339 e. The van der Waals surface area contributed by atoms with E-state index in [2.05, 4.69) is 26.8 Å². The van der Waals surface area contributed by atoms with Gasteiger partial charge in [0.15, 0.2) is 0 Å². The molecule has 1 aliphatic heterocycles. The van der Waals surface area contributed by atoms with Crippen molar-refractivity contribution in [1.82, 2.24) is 4.90 Å². The monoisotopic (exact) mass is 286 g/mol. The minimum absolute atomic E-state index is 0.0908. The molecule has 0 spiro atoms. The number of piperidine rings is 1. The Balaban J connectivity index is 2.01. The van der Waals surface area contributed by atoms with Crippen LogP contribution in [-0.4, -0.2) is 23.9 Å². The Hall–Kier alpha value is -1.56. The summed E-state index contributed by atoms with van der Waals surface area (Å²) in [6.07, 6.45) is 8.96. The van der Waals surface area contributed by atoms with Crippen LogP contribution >= 0.6 is 0 Å². The number of hydrogen-bond acceptors (Lipinski definition) is 2. The van der Waals surface area contributed by atoms with E-state index in [1.807, 2.05) is 11.0 Å². The molecule has 1 aliphatic carbocycles. The maximum atomic E-state index is 12.3. The Morgan fingerprint density at radius 3 is 2.62 bits per heavy atom. The highest BCUT2D eigenvalue weighted by molar-refractivity contribution is 5.88. The first-order valence-electron chi connectivity index (χ1n) is 8.01. The van der Waals surface area contributed by atoms with Gasteiger partial charge in [-0.1, -0.05) is 25.5 Å². The number of likely N-dealkylation sites (tertiary alicyclic amines) is 1. The molecular formula is C18H26N2O. The molecule has 0 bridgehead atoms. The molecule has 1 amide bonds. The third-order valence-electron chi connectivity index (χ3n) is 4.92. The number of hydrogen-bond donors (Lipinski definition) is 0. The van der Waals surface area contributed by atoms with Gasteiger partial charge < -0.3 is 4.90 Å². The smallest absolute Gasteiger partial charge is 0.246 e. The lowest BCUT2D eigenvalue weighted by molar-refractivity contribution is -0.127. The number of amides is 1. The Morgan fingerprint density at radius 1 is 1.38 bits per heavy atom. The van der Waals surface area contributed by atoms with Gasteiger partial charge in [0, 0.05) is 25.1 Å². The second-order valence-electron chi connectivity index (χ2n) is 6.99. The van der Waals surface area contributed by atoms with Crippen molar-refractivity contribution in [2.24, 2.45) is 11.3 Å². The highest BCUT2D eigenvalue weighted by atomic mass is 16.2. The van der Waals surface area contributed by atoms with Crippen molar-refractivity contribution in [3.63, 3.8) is 0 Å². The topological polar surface area (TPSA) is 44.1 Å². The standard InChI is InChI=1S/C18H26N2O/c1-14-5-4-10-18(2,3)16(14)6-7-17(21)20-11-8-15(13-19)9-12-20/h6-7,15H,4-5,8-12H2,1-3H3/b7-6+. The Labute approximate surface area is 128 Å². The number of allylic oxidation sites excluding steroid dienone is 3. The van der Waals surface area contributed by atoms with Crippen molar-refractivity contribution in [3.8, 4) is 6.07 Å². The fourth-order valence-electron chi connectivity index (χ4n) is 3.50. The summed E-state index contributed by atoms with van der Waals surface area (Å²) in [5.74, 6) is 0.216.